The van der Waals surface area contributed by atoms with Crippen LogP contribution in [0.2, 0.25) is 0 Å². The predicted octanol–water partition coefficient (Wildman–Crippen LogP) is 0.0381. The third-order valence-electron chi connectivity index (χ3n) is 3.42. The lowest BCUT2D eigenvalue weighted by Gasteiger charge is -2.26. The number of piperidine rings is 1. The van der Waals surface area contributed by atoms with Gasteiger partial charge in [-0.15, -0.1) is 0 Å². The predicted molar refractivity (Wildman–Crippen MR) is 66.4 cm³/mol. The van der Waals surface area contributed by atoms with Crippen molar-refractivity contribution in [1.82, 2.24) is 9.62 Å². The van der Waals surface area contributed by atoms with Crippen LogP contribution in [0.1, 0.15) is 19.3 Å². The van der Waals surface area contributed by atoms with Gasteiger partial charge in [-0.25, -0.2) is 8.42 Å². The smallest absolute Gasteiger partial charge is 0.214 e. The molecule has 0 amide bonds. The Morgan fingerprint density at radius 2 is 2.12 bits per heavy atom. The molecule has 0 aromatic carbocycles. The van der Waals surface area contributed by atoms with Crippen molar-refractivity contribution in [2.45, 2.75) is 19.3 Å². The summed E-state index contributed by atoms with van der Waals surface area (Å²) in [6.07, 6.45) is 2.92. The number of nitrogens with one attached hydrogen (secondary N) is 1. The largest absolute Gasteiger partial charge is 0.380 e. The molecule has 1 N–H and O–H groups in total. The second kappa shape index (κ2) is 6.13. The maximum atomic E-state index is 12.2. The van der Waals surface area contributed by atoms with Crippen molar-refractivity contribution in [2.75, 3.05) is 45.1 Å². The normalized spacial score (nSPS) is 28.8. The summed E-state index contributed by atoms with van der Waals surface area (Å²) in [6.45, 7) is 4.20. The van der Waals surface area contributed by atoms with Gasteiger partial charge >= 0.3 is 0 Å². The van der Waals surface area contributed by atoms with Crippen LogP contribution in [0.5, 0.6) is 0 Å². The van der Waals surface area contributed by atoms with Gasteiger partial charge in [0.1, 0.15) is 0 Å². The number of nitrogens with zero attached hydrogens (tertiary/aromatic N) is 1. The molecule has 0 aromatic heterocycles. The molecule has 2 aliphatic rings. The molecular formula is C11H22N2O3S. The van der Waals surface area contributed by atoms with Crippen molar-refractivity contribution in [3.63, 3.8) is 0 Å². The highest BCUT2D eigenvalue weighted by molar-refractivity contribution is 7.89. The minimum Gasteiger partial charge on any atom is -0.380 e. The molecule has 2 aliphatic heterocycles. The quantitative estimate of drug-likeness (QED) is 0.780. The van der Waals surface area contributed by atoms with Gasteiger partial charge in [-0.1, -0.05) is 0 Å². The van der Waals surface area contributed by atoms with Gasteiger partial charge in [0.2, 0.25) is 10.0 Å². The molecule has 6 heteroatoms. The van der Waals surface area contributed by atoms with Gasteiger partial charge < -0.3 is 10.1 Å². The van der Waals surface area contributed by atoms with E-state index >= 15 is 0 Å². The molecule has 0 saturated carbocycles. The van der Waals surface area contributed by atoms with Crippen LogP contribution < -0.4 is 5.32 Å². The van der Waals surface area contributed by atoms with Crippen LogP contribution in [-0.4, -0.2) is 57.9 Å². The van der Waals surface area contributed by atoms with Crippen LogP contribution in [0.15, 0.2) is 0 Å². The summed E-state index contributed by atoms with van der Waals surface area (Å²) in [5.74, 6) is 0.568. The molecule has 0 bridgehead atoms. The van der Waals surface area contributed by atoms with Gasteiger partial charge in [-0.05, 0) is 38.3 Å². The molecule has 2 heterocycles. The number of hydrogen-bond donors (Lipinski definition) is 1. The maximum absolute atomic E-state index is 12.2. The molecule has 17 heavy (non-hydrogen) atoms. The standard InChI is InChI=1S/C11H22N2O3S/c14-17(15,10-11-3-1-4-12-9-11)13-5-2-7-16-8-6-13/h11-12H,1-10H2. The topological polar surface area (TPSA) is 58.6 Å². The number of rotatable bonds is 3. The Bertz CT molecular complexity index is 318. The van der Waals surface area contributed by atoms with Crippen LogP contribution in [0, 0.1) is 5.92 Å². The van der Waals surface area contributed by atoms with Crippen molar-refractivity contribution in [3.8, 4) is 0 Å². The van der Waals surface area contributed by atoms with E-state index in [2.05, 4.69) is 5.32 Å². The summed E-state index contributed by atoms with van der Waals surface area (Å²) in [7, 11) is -3.09. The van der Waals surface area contributed by atoms with Gasteiger partial charge in [0.05, 0.1) is 12.4 Å². The summed E-state index contributed by atoms with van der Waals surface area (Å²) in [6, 6.07) is 0. The van der Waals surface area contributed by atoms with Crippen molar-refractivity contribution < 1.29 is 13.2 Å². The van der Waals surface area contributed by atoms with Crippen LogP contribution in [0.4, 0.5) is 0 Å². The monoisotopic (exact) mass is 262 g/mol. The zero-order valence-electron chi connectivity index (χ0n) is 10.2. The lowest BCUT2D eigenvalue weighted by molar-refractivity contribution is 0.148. The van der Waals surface area contributed by atoms with Gasteiger partial charge in [-0.2, -0.15) is 4.31 Å². The highest BCUT2D eigenvalue weighted by Gasteiger charge is 2.27. The lowest BCUT2D eigenvalue weighted by Crippen LogP contribution is -2.40. The third-order valence-corrected chi connectivity index (χ3v) is 5.46. The summed E-state index contributed by atoms with van der Waals surface area (Å²) < 4.78 is 31.4. The van der Waals surface area contributed by atoms with Crippen LogP contribution in [0.25, 0.3) is 0 Å². The summed E-state index contributed by atoms with van der Waals surface area (Å²) >= 11 is 0. The van der Waals surface area contributed by atoms with Gasteiger partial charge in [0, 0.05) is 19.7 Å². The van der Waals surface area contributed by atoms with E-state index in [1.54, 1.807) is 4.31 Å². The van der Waals surface area contributed by atoms with E-state index in [0.717, 1.165) is 32.4 Å². The Hall–Kier alpha value is -0.170. The fourth-order valence-electron chi connectivity index (χ4n) is 2.47. The van der Waals surface area contributed by atoms with Gasteiger partial charge in [-0.3, -0.25) is 0 Å². The van der Waals surface area contributed by atoms with E-state index in [-0.39, 0.29) is 5.92 Å². The molecule has 0 aliphatic carbocycles. The van der Waals surface area contributed by atoms with E-state index in [0.29, 0.717) is 32.1 Å². The van der Waals surface area contributed by atoms with E-state index in [1.165, 1.54) is 0 Å². The second-order valence-corrected chi connectivity index (χ2v) is 6.87. The van der Waals surface area contributed by atoms with Gasteiger partial charge in [0.15, 0.2) is 0 Å². The van der Waals surface area contributed by atoms with Crippen molar-refractivity contribution in [1.29, 1.82) is 0 Å². The minimum atomic E-state index is -3.09. The molecule has 0 aromatic rings. The highest BCUT2D eigenvalue weighted by atomic mass is 32.2. The molecule has 0 radical (unpaired) electrons. The summed E-state index contributed by atoms with van der Waals surface area (Å²) in [5.41, 5.74) is 0. The molecule has 0 spiro atoms. The Morgan fingerprint density at radius 1 is 1.24 bits per heavy atom. The first-order valence-corrected chi connectivity index (χ1v) is 8.06. The lowest BCUT2D eigenvalue weighted by atomic mass is 10.0. The van der Waals surface area contributed by atoms with E-state index in [4.69, 9.17) is 4.74 Å². The summed E-state index contributed by atoms with van der Waals surface area (Å²) in [5, 5.41) is 3.27. The SMILES string of the molecule is O=S(=O)(CC1CCCNC1)N1CCCOCC1. The second-order valence-electron chi connectivity index (χ2n) is 4.86. The molecule has 1 atom stereocenters. The zero-order valence-corrected chi connectivity index (χ0v) is 11.0. The molecule has 100 valence electrons. The van der Waals surface area contributed by atoms with E-state index in [1.807, 2.05) is 0 Å². The van der Waals surface area contributed by atoms with Crippen LogP contribution >= 0.6 is 0 Å². The van der Waals surface area contributed by atoms with E-state index in [9.17, 15) is 8.42 Å². The summed E-state index contributed by atoms with van der Waals surface area (Å²) in [4.78, 5) is 0. The number of hydrogen-bond acceptors (Lipinski definition) is 4. The molecule has 5 nitrogen and oxygen atoms in total. The fourth-order valence-corrected chi connectivity index (χ4v) is 4.32. The highest BCUT2D eigenvalue weighted by Crippen LogP contribution is 2.16. The first kappa shape index (κ1) is 13.3. The Morgan fingerprint density at radius 3 is 2.88 bits per heavy atom. The number of sulfonamides is 1. The molecule has 2 fully saturated rings. The van der Waals surface area contributed by atoms with Crippen molar-refractivity contribution in [2.24, 2.45) is 5.92 Å². The Balaban J connectivity index is 1.91. The molecule has 1 unspecified atom stereocenters. The van der Waals surface area contributed by atoms with Crippen molar-refractivity contribution >= 4 is 10.0 Å². The fraction of sp³-hybridized carbons (Fsp3) is 1.00. The average molecular weight is 262 g/mol. The maximum Gasteiger partial charge on any atom is 0.214 e. The first-order valence-electron chi connectivity index (χ1n) is 6.45. The first-order chi connectivity index (χ1) is 8.18. The zero-order chi connectivity index (χ0) is 12.1. The third kappa shape index (κ3) is 3.91. The van der Waals surface area contributed by atoms with Crippen LogP contribution in [-0.2, 0) is 14.8 Å². The molecular weight excluding hydrogens is 240 g/mol. The Kier molecular flexibility index (Phi) is 4.78. The minimum absolute atomic E-state index is 0.276. The van der Waals surface area contributed by atoms with Crippen molar-refractivity contribution in [3.05, 3.63) is 0 Å². The Labute approximate surface area is 104 Å². The molecule has 2 rings (SSSR count). The molecule has 2 saturated heterocycles. The average Bonchev–Trinajstić information content (AvgIpc) is 2.58. The van der Waals surface area contributed by atoms with Crippen LogP contribution in [0.3, 0.4) is 0 Å². The van der Waals surface area contributed by atoms with Gasteiger partial charge in [0.25, 0.3) is 0 Å². The number of ether oxygens (including phenoxy) is 1. The van der Waals surface area contributed by atoms with E-state index < -0.39 is 10.0 Å².